The number of furan rings is 1. The second kappa shape index (κ2) is 13.0. The Kier molecular flexibility index (Phi) is 8.06. The summed E-state index contributed by atoms with van der Waals surface area (Å²) in [6.45, 7) is 4.58. The first-order valence-corrected chi connectivity index (χ1v) is 19.8. The molecule has 1 aromatic heterocycles. The van der Waals surface area contributed by atoms with Crippen LogP contribution in [0.25, 0.3) is 98.8 Å². The first kappa shape index (κ1) is 37.1. The van der Waals surface area contributed by atoms with E-state index < -0.39 is 0 Å². The van der Waals surface area contributed by atoms with Crippen LogP contribution in [-0.2, 0) is 5.41 Å². The molecule has 0 amide bonds. The van der Waals surface area contributed by atoms with E-state index in [0.717, 1.165) is 55.0 Å². The van der Waals surface area contributed by atoms with E-state index >= 15 is 0 Å². The standard InChI is InChI=1S/C51H26B8O/c1-51(2)33-13-6-5-10-29(33)30-12-7-11-28(42(30)51)23-14-16-24(17-15-23)36-38-40(45(54)49(58)47(56)43(38)52)37(41-39(36)44(53)48(57)50(59)46(41)55)27-18-19-34-31(21-27)32-20-25-8-3-4-9-26(25)22-35(32)60-34/h3-22H,1-2H3. The lowest BCUT2D eigenvalue weighted by atomic mass is 9.59. The van der Waals surface area contributed by atoms with E-state index in [-0.39, 0.29) is 49.1 Å². The van der Waals surface area contributed by atoms with Gasteiger partial charge in [0.25, 0.3) is 0 Å². The predicted octanol–water partition coefficient (Wildman–Crippen LogP) is 4.70. The van der Waals surface area contributed by atoms with Gasteiger partial charge in [0.05, 0.1) is 0 Å². The molecule has 260 valence electrons. The molecule has 0 spiro atoms. The van der Waals surface area contributed by atoms with Crippen molar-refractivity contribution < 1.29 is 4.42 Å². The zero-order valence-corrected chi connectivity index (χ0v) is 33.1. The van der Waals surface area contributed by atoms with Crippen molar-refractivity contribution in [2.45, 2.75) is 19.3 Å². The van der Waals surface area contributed by atoms with Gasteiger partial charge in [0.2, 0.25) is 0 Å². The van der Waals surface area contributed by atoms with Crippen LogP contribution in [0.5, 0.6) is 0 Å². The summed E-state index contributed by atoms with van der Waals surface area (Å²) in [4.78, 5) is 0. The highest BCUT2D eigenvalue weighted by Gasteiger charge is 2.37. The van der Waals surface area contributed by atoms with E-state index in [2.05, 4.69) is 111 Å². The third kappa shape index (κ3) is 4.99. The molecule has 11 rings (SSSR count). The molecule has 0 saturated carbocycles. The molecule has 0 atom stereocenters. The van der Waals surface area contributed by atoms with Gasteiger partial charge in [0, 0.05) is 16.2 Å². The molecule has 1 nitrogen and oxygen atoms in total. The summed E-state index contributed by atoms with van der Waals surface area (Å²) in [6.07, 6.45) is 0. The summed E-state index contributed by atoms with van der Waals surface area (Å²) >= 11 is 0. The van der Waals surface area contributed by atoms with E-state index in [0.29, 0.717) is 32.7 Å². The van der Waals surface area contributed by atoms with Crippen LogP contribution in [0.1, 0.15) is 25.0 Å². The van der Waals surface area contributed by atoms with Crippen molar-refractivity contribution in [2.75, 3.05) is 0 Å². The zero-order valence-electron chi connectivity index (χ0n) is 33.1. The van der Waals surface area contributed by atoms with Gasteiger partial charge in [0.15, 0.2) is 0 Å². The molecule has 1 aliphatic carbocycles. The Morgan fingerprint density at radius 1 is 0.383 bits per heavy atom. The molecule has 0 N–H and O–H groups in total. The molecular weight excluding hydrogens is 715 g/mol. The molecule has 0 unspecified atom stereocenters. The maximum absolute atomic E-state index is 7.07. The van der Waals surface area contributed by atoms with E-state index in [1.807, 2.05) is 24.3 Å². The Hall–Kier alpha value is -5.92. The fraction of sp³-hybridized carbons (Fsp3) is 0.0588. The fourth-order valence-electron chi connectivity index (χ4n) is 10.0. The number of hydrogen-bond donors (Lipinski definition) is 0. The topological polar surface area (TPSA) is 13.1 Å². The molecule has 0 aliphatic heterocycles. The highest BCUT2D eigenvalue weighted by atomic mass is 16.3. The Balaban J connectivity index is 1.21. The molecule has 0 saturated heterocycles. The lowest BCUT2D eigenvalue weighted by Crippen LogP contribution is -2.50. The van der Waals surface area contributed by atoms with Gasteiger partial charge >= 0.3 is 0 Å². The monoisotopic (exact) mass is 742 g/mol. The molecule has 0 fully saturated rings. The average Bonchev–Trinajstić information content (AvgIpc) is 3.74. The summed E-state index contributed by atoms with van der Waals surface area (Å²) in [5.74, 6) is 0. The first-order chi connectivity index (χ1) is 28.9. The zero-order chi connectivity index (χ0) is 41.5. The number of rotatable bonds is 3. The third-order valence-corrected chi connectivity index (χ3v) is 13.0. The van der Waals surface area contributed by atoms with E-state index in [1.165, 1.54) is 22.3 Å². The van der Waals surface area contributed by atoms with Crippen LogP contribution in [-0.4, -0.2) is 62.8 Å². The van der Waals surface area contributed by atoms with Gasteiger partial charge in [-0.2, -0.15) is 0 Å². The van der Waals surface area contributed by atoms with E-state index in [1.54, 1.807) is 0 Å². The van der Waals surface area contributed by atoms with Crippen LogP contribution < -0.4 is 43.7 Å². The highest BCUT2D eigenvalue weighted by Crippen LogP contribution is 2.52. The van der Waals surface area contributed by atoms with Crippen molar-refractivity contribution >= 4 is 161 Å². The van der Waals surface area contributed by atoms with Crippen LogP contribution in [0.3, 0.4) is 0 Å². The summed E-state index contributed by atoms with van der Waals surface area (Å²) in [7, 11) is 55.0. The molecule has 1 heterocycles. The second-order valence-electron chi connectivity index (χ2n) is 16.5. The summed E-state index contributed by atoms with van der Waals surface area (Å²) < 4.78 is 6.39. The van der Waals surface area contributed by atoms with Gasteiger partial charge in [-0.15, -0.1) is 21.9 Å². The number of fused-ring (bicyclic) bond motifs is 9. The molecule has 60 heavy (non-hydrogen) atoms. The number of benzene rings is 9. The van der Waals surface area contributed by atoms with Crippen molar-refractivity contribution in [3.8, 4) is 44.5 Å². The summed E-state index contributed by atoms with van der Waals surface area (Å²) in [6, 6.07) is 41.9. The average molecular weight is 741 g/mol. The van der Waals surface area contributed by atoms with Crippen LogP contribution in [0.2, 0.25) is 0 Å². The van der Waals surface area contributed by atoms with Crippen molar-refractivity contribution in [1.29, 1.82) is 0 Å². The minimum atomic E-state index is -0.199. The molecule has 9 heteroatoms. The maximum atomic E-state index is 7.07. The van der Waals surface area contributed by atoms with Crippen molar-refractivity contribution in [1.82, 2.24) is 0 Å². The largest absolute Gasteiger partial charge is 0.456 e. The minimum Gasteiger partial charge on any atom is -0.456 e. The number of hydrogen-bond acceptors (Lipinski definition) is 1. The predicted molar refractivity (Wildman–Crippen MR) is 263 cm³/mol. The summed E-state index contributed by atoms with van der Waals surface area (Å²) in [5, 5.41) is 6.32. The first-order valence-electron chi connectivity index (χ1n) is 19.8. The molecule has 0 bridgehead atoms. The van der Waals surface area contributed by atoms with E-state index in [4.69, 9.17) is 67.2 Å². The lowest BCUT2D eigenvalue weighted by Gasteiger charge is -2.28. The Morgan fingerprint density at radius 3 is 1.47 bits per heavy atom. The van der Waals surface area contributed by atoms with Crippen LogP contribution in [0, 0.1) is 0 Å². The van der Waals surface area contributed by atoms with Crippen LogP contribution in [0.15, 0.2) is 126 Å². The Morgan fingerprint density at radius 2 is 0.850 bits per heavy atom. The van der Waals surface area contributed by atoms with Crippen molar-refractivity contribution in [2.24, 2.45) is 0 Å². The van der Waals surface area contributed by atoms with Gasteiger partial charge in [-0.3, -0.25) is 0 Å². The fourth-order valence-corrected chi connectivity index (χ4v) is 10.0. The second-order valence-corrected chi connectivity index (χ2v) is 16.5. The van der Waals surface area contributed by atoms with Crippen LogP contribution >= 0.6 is 0 Å². The molecule has 1 aliphatic rings. The van der Waals surface area contributed by atoms with Crippen molar-refractivity contribution in [3.63, 3.8) is 0 Å². The van der Waals surface area contributed by atoms with E-state index in [9.17, 15) is 0 Å². The molecular formula is C51H26B8O. The van der Waals surface area contributed by atoms with Crippen LogP contribution in [0.4, 0.5) is 0 Å². The van der Waals surface area contributed by atoms with Gasteiger partial charge in [-0.25, -0.2) is 0 Å². The smallest absolute Gasteiger partial charge is 0.136 e. The minimum absolute atomic E-state index is 0.166. The molecule has 10 aromatic rings. The van der Waals surface area contributed by atoms with Gasteiger partial charge in [-0.1, -0.05) is 133 Å². The Labute approximate surface area is 359 Å². The third-order valence-electron chi connectivity index (χ3n) is 13.0. The molecule has 9 aromatic carbocycles. The quantitative estimate of drug-likeness (QED) is 0.189. The van der Waals surface area contributed by atoms with Gasteiger partial charge in [0.1, 0.15) is 73.9 Å². The summed E-state index contributed by atoms with van der Waals surface area (Å²) in [5.41, 5.74) is 13.2. The maximum Gasteiger partial charge on any atom is 0.136 e. The van der Waals surface area contributed by atoms with Gasteiger partial charge in [-0.05, 0) is 112 Å². The van der Waals surface area contributed by atoms with Crippen molar-refractivity contribution in [3.05, 3.63) is 132 Å². The normalized spacial score (nSPS) is 13.2. The molecule has 16 radical (unpaired) electrons. The Bertz CT molecular complexity index is 3470. The SMILES string of the molecule is [B]c1c([B])c([B])c2c(-c3ccc4oc5cc6ccccc6cc5c4c3)c3c([B])c([B])c([B])c([B])c3c(-c3ccc(-c4cccc5c4C(C)(C)c4ccccc4-5)cc3)c2c1[B]. The lowest BCUT2D eigenvalue weighted by molar-refractivity contribution is 0.662. The highest BCUT2D eigenvalue weighted by molar-refractivity contribution is 6.71. The van der Waals surface area contributed by atoms with Gasteiger partial charge < -0.3 is 4.42 Å².